The smallest absolute Gasteiger partial charge is 0.124 e. The van der Waals surface area contributed by atoms with Crippen LogP contribution in [0.4, 0.5) is 0 Å². The van der Waals surface area contributed by atoms with Gasteiger partial charge >= 0.3 is 0 Å². The fraction of sp³-hybridized carbons (Fsp3) is 0.429. The molecule has 0 bridgehead atoms. The highest BCUT2D eigenvalue weighted by Gasteiger charge is 2.22. The number of nitrogens with zero attached hydrogens (tertiary/aromatic N) is 1. The van der Waals surface area contributed by atoms with E-state index in [1.807, 2.05) is 30.3 Å². The third-order valence-corrected chi connectivity index (χ3v) is 5.98. The van der Waals surface area contributed by atoms with Crippen molar-refractivity contribution in [3.63, 3.8) is 0 Å². The number of hydrogen-bond donors (Lipinski definition) is 1. The van der Waals surface area contributed by atoms with Gasteiger partial charge in [-0.2, -0.15) is 0 Å². The maximum Gasteiger partial charge on any atom is 0.124 e. The number of rotatable bonds is 8. The molecule has 3 rings (SSSR count). The van der Waals surface area contributed by atoms with Crippen LogP contribution in [0.5, 0.6) is 5.75 Å². The summed E-state index contributed by atoms with van der Waals surface area (Å²) in [4.78, 5) is 2.53. The van der Waals surface area contributed by atoms with Crippen LogP contribution in [0, 0.1) is 0 Å². The molecule has 3 nitrogen and oxygen atoms in total. The van der Waals surface area contributed by atoms with Crippen molar-refractivity contribution in [1.29, 1.82) is 0 Å². The van der Waals surface area contributed by atoms with E-state index in [1.165, 1.54) is 19.4 Å². The van der Waals surface area contributed by atoms with Crippen LogP contribution in [0.25, 0.3) is 0 Å². The SMILES string of the molecule is CCN1CCC[C@H]1CNCc1cc(Cl)ccc1OCc1ccc(Cl)c(Cl)c1. The average molecular weight is 428 g/mol. The first kappa shape index (κ1) is 20.8. The number of nitrogens with one attached hydrogen (secondary N) is 1. The zero-order valence-electron chi connectivity index (χ0n) is 15.5. The molecular formula is C21H25Cl3N2O. The number of benzene rings is 2. The van der Waals surface area contributed by atoms with Crippen molar-refractivity contribution >= 4 is 34.8 Å². The molecule has 0 unspecified atom stereocenters. The number of hydrogen-bond acceptors (Lipinski definition) is 3. The third kappa shape index (κ3) is 5.75. The maximum absolute atomic E-state index is 6.20. The summed E-state index contributed by atoms with van der Waals surface area (Å²) >= 11 is 18.3. The molecule has 0 aliphatic carbocycles. The summed E-state index contributed by atoms with van der Waals surface area (Å²) < 4.78 is 6.03. The van der Waals surface area contributed by atoms with Crippen molar-refractivity contribution < 1.29 is 4.74 Å². The Bertz CT molecular complexity index is 769. The van der Waals surface area contributed by atoms with Crippen LogP contribution in [0.1, 0.15) is 30.9 Å². The highest BCUT2D eigenvalue weighted by Crippen LogP contribution is 2.26. The van der Waals surface area contributed by atoms with Gasteiger partial charge in [0.2, 0.25) is 0 Å². The van der Waals surface area contributed by atoms with E-state index in [2.05, 4.69) is 17.1 Å². The van der Waals surface area contributed by atoms with E-state index in [9.17, 15) is 0 Å². The van der Waals surface area contributed by atoms with E-state index in [0.717, 1.165) is 36.5 Å². The second kappa shape index (κ2) is 9.99. The Labute approximate surface area is 176 Å². The molecule has 1 aliphatic heterocycles. The largest absolute Gasteiger partial charge is 0.489 e. The molecule has 1 heterocycles. The van der Waals surface area contributed by atoms with E-state index in [4.69, 9.17) is 39.5 Å². The standard InChI is InChI=1S/C21H25Cl3N2O/c1-2-26-9-3-4-18(26)13-25-12-16-11-17(22)6-8-21(16)27-14-15-5-7-19(23)20(24)10-15/h5-8,10-11,18,25H,2-4,9,12-14H2,1H3/t18-/m0/s1. The Morgan fingerprint density at radius 1 is 1.11 bits per heavy atom. The Morgan fingerprint density at radius 2 is 1.96 bits per heavy atom. The van der Waals surface area contributed by atoms with Crippen molar-refractivity contribution in [2.24, 2.45) is 0 Å². The lowest BCUT2D eigenvalue weighted by molar-refractivity contribution is 0.259. The molecule has 0 aromatic heterocycles. The van der Waals surface area contributed by atoms with Crippen molar-refractivity contribution in [2.75, 3.05) is 19.6 Å². The molecule has 1 N–H and O–H groups in total. The minimum Gasteiger partial charge on any atom is -0.489 e. The van der Waals surface area contributed by atoms with Crippen LogP contribution in [0.15, 0.2) is 36.4 Å². The minimum absolute atomic E-state index is 0.428. The van der Waals surface area contributed by atoms with Gasteiger partial charge in [-0.25, -0.2) is 0 Å². The van der Waals surface area contributed by atoms with E-state index < -0.39 is 0 Å². The summed E-state index contributed by atoms with van der Waals surface area (Å²) in [6.45, 7) is 6.68. The zero-order chi connectivity index (χ0) is 19.2. The van der Waals surface area contributed by atoms with Gasteiger partial charge < -0.3 is 10.1 Å². The molecule has 0 saturated carbocycles. The summed E-state index contributed by atoms with van der Waals surface area (Å²) in [5.74, 6) is 0.830. The van der Waals surface area contributed by atoms with Crippen LogP contribution in [0.3, 0.4) is 0 Å². The fourth-order valence-corrected chi connectivity index (χ4v) is 4.05. The van der Waals surface area contributed by atoms with Gasteiger partial charge in [0, 0.05) is 29.7 Å². The Hall–Kier alpha value is -0.970. The van der Waals surface area contributed by atoms with Gasteiger partial charge in [-0.15, -0.1) is 0 Å². The highest BCUT2D eigenvalue weighted by atomic mass is 35.5. The fourth-order valence-electron chi connectivity index (χ4n) is 3.53. The molecule has 6 heteroatoms. The molecular weight excluding hydrogens is 403 g/mol. The van der Waals surface area contributed by atoms with Gasteiger partial charge in [0.1, 0.15) is 12.4 Å². The second-order valence-electron chi connectivity index (χ2n) is 6.84. The third-order valence-electron chi connectivity index (χ3n) is 5.00. The normalized spacial score (nSPS) is 17.4. The van der Waals surface area contributed by atoms with Gasteiger partial charge in [-0.1, -0.05) is 47.8 Å². The molecule has 1 fully saturated rings. The van der Waals surface area contributed by atoms with E-state index in [-0.39, 0.29) is 0 Å². The number of halogens is 3. The van der Waals surface area contributed by atoms with Crippen LogP contribution < -0.4 is 10.1 Å². The summed E-state index contributed by atoms with van der Waals surface area (Å²) in [5, 5.41) is 5.37. The van der Waals surface area contributed by atoms with Gasteiger partial charge in [-0.3, -0.25) is 4.90 Å². The first-order chi connectivity index (χ1) is 13.1. The van der Waals surface area contributed by atoms with Gasteiger partial charge in [0.05, 0.1) is 10.0 Å². The Balaban J connectivity index is 1.59. The molecule has 27 heavy (non-hydrogen) atoms. The van der Waals surface area contributed by atoms with Crippen LogP contribution in [0.2, 0.25) is 15.1 Å². The predicted octanol–water partition coefficient (Wildman–Crippen LogP) is 5.80. The number of likely N-dealkylation sites (N-methyl/N-ethyl adjacent to an activating group) is 1. The predicted molar refractivity (Wildman–Crippen MR) is 114 cm³/mol. The van der Waals surface area contributed by atoms with Gasteiger partial charge in [0.15, 0.2) is 0 Å². The molecule has 2 aromatic rings. The molecule has 2 aromatic carbocycles. The first-order valence-corrected chi connectivity index (χ1v) is 10.5. The lowest BCUT2D eigenvalue weighted by Gasteiger charge is -2.23. The molecule has 1 aliphatic rings. The summed E-state index contributed by atoms with van der Waals surface area (Å²) in [6, 6.07) is 11.9. The zero-order valence-corrected chi connectivity index (χ0v) is 17.7. The Morgan fingerprint density at radius 3 is 2.74 bits per heavy atom. The molecule has 146 valence electrons. The van der Waals surface area contributed by atoms with Crippen molar-refractivity contribution in [1.82, 2.24) is 10.2 Å². The van der Waals surface area contributed by atoms with Crippen LogP contribution in [-0.4, -0.2) is 30.6 Å². The lowest BCUT2D eigenvalue weighted by Crippen LogP contribution is -2.37. The second-order valence-corrected chi connectivity index (χ2v) is 8.10. The van der Waals surface area contributed by atoms with E-state index >= 15 is 0 Å². The summed E-state index contributed by atoms with van der Waals surface area (Å²) in [7, 11) is 0. The molecule has 1 saturated heterocycles. The van der Waals surface area contributed by atoms with Crippen molar-refractivity contribution in [2.45, 2.75) is 39.0 Å². The Kier molecular flexibility index (Phi) is 7.68. The first-order valence-electron chi connectivity index (χ1n) is 9.36. The van der Waals surface area contributed by atoms with E-state index in [1.54, 1.807) is 6.07 Å². The quantitative estimate of drug-likeness (QED) is 0.576. The number of likely N-dealkylation sites (tertiary alicyclic amines) is 1. The van der Waals surface area contributed by atoms with Gasteiger partial charge in [0.25, 0.3) is 0 Å². The summed E-state index contributed by atoms with van der Waals surface area (Å²) in [6.07, 6.45) is 2.55. The van der Waals surface area contributed by atoms with Crippen LogP contribution >= 0.6 is 34.8 Å². The summed E-state index contributed by atoms with van der Waals surface area (Å²) in [5.41, 5.74) is 2.03. The average Bonchev–Trinajstić information content (AvgIpc) is 3.11. The topological polar surface area (TPSA) is 24.5 Å². The molecule has 0 amide bonds. The monoisotopic (exact) mass is 426 g/mol. The lowest BCUT2D eigenvalue weighted by atomic mass is 10.1. The molecule has 1 atom stereocenters. The maximum atomic E-state index is 6.20. The number of ether oxygens (including phenoxy) is 1. The molecule has 0 radical (unpaired) electrons. The molecule has 0 spiro atoms. The highest BCUT2D eigenvalue weighted by molar-refractivity contribution is 6.42. The van der Waals surface area contributed by atoms with Crippen molar-refractivity contribution in [3.05, 3.63) is 62.6 Å². The minimum atomic E-state index is 0.428. The van der Waals surface area contributed by atoms with E-state index in [0.29, 0.717) is 27.7 Å². The van der Waals surface area contributed by atoms with Gasteiger partial charge in [-0.05, 0) is 61.8 Å². The van der Waals surface area contributed by atoms with Crippen LogP contribution in [-0.2, 0) is 13.2 Å². The van der Waals surface area contributed by atoms with Crippen molar-refractivity contribution in [3.8, 4) is 5.75 Å².